The highest BCUT2D eigenvalue weighted by Crippen LogP contribution is 2.13. The highest BCUT2D eigenvalue weighted by atomic mass is 19.1. The zero-order chi connectivity index (χ0) is 15.1. The Labute approximate surface area is 124 Å². The van der Waals surface area contributed by atoms with Crippen molar-refractivity contribution in [1.29, 1.82) is 0 Å². The van der Waals surface area contributed by atoms with E-state index >= 15 is 0 Å². The van der Waals surface area contributed by atoms with Crippen molar-refractivity contribution in [3.05, 3.63) is 41.5 Å². The fourth-order valence-corrected chi connectivity index (χ4v) is 2.32. The summed E-state index contributed by atoms with van der Waals surface area (Å²) in [5.41, 5.74) is 1.13. The number of hydrogen-bond acceptors (Lipinski definition) is 4. The molecule has 6 heteroatoms. The van der Waals surface area contributed by atoms with Gasteiger partial charge in [0.15, 0.2) is 5.82 Å². The van der Waals surface area contributed by atoms with Gasteiger partial charge >= 0.3 is 0 Å². The Balaban J connectivity index is 1.98. The molecule has 0 spiro atoms. The molecule has 114 valence electrons. The monoisotopic (exact) mass is 291 g/mol. The van der Waals surface area contributed by atoms with Gasteiger partial charge < -0.3 is 5.32 Å². The van der Waals surface area contributed by atoms with Gasteiger partial charge in [0.2, 0.25) is 0 Å². The third kappa shape index (κ3) is 5.23. The first kappa shape index (κ1) is 15.6. The van der Waals surface area contributed by atoms with E-state index in [1.54, 1.807) is 7.05 Å². The molecule has 2 rings (SSSR count). The van der Waals surface area contributed by atoms with Gasteiger partial charge in [-0.1, -0.05) is 19.1 Å². The average molecular weight is 291 g/mol. The lowest BCUT2D eigenvalue weighted by Gasteiger charge is -2.16. The van der Waals surface area contributed by atoms with E-state index in [0.29, 0.717) is 5.92 Å². The van der Waals surface area contributed by atoms with Crippen molar-refractivity contribution in [2.45, 2.75) is 26.2 Å². The first-order valence-electron chi connectivity index (χ1n) is 7.35. The molecule has 0 aliphatic rings. The van der Waals surface area contributed by atoms with Crippen LogP contribution in [0.15, 0.2) is 24.3 Å². The number of nitrogens with one attached hydrogen (secondary N) is 1. The molecule has 0 saturated heterocycles. The summed E-state index contributed by atoms with van der Waals surface area (Å²) in [6.45, 7) is 4.03. The van der Waals surface area contributed by atoms with Crippen molar-refractivity contribution in [1.82, 2.24) is 25.5 Å². The number of aromatic nitrogens is 4. The molecule has 21 heavy (non-hydrogen) atoms. The summed E-state index contributed by atoms with van der Waals surface area (Å²) in [6.07, 6.45) is 2.74. The molecule has 0 fully saturated rings. The Hall–Kier alpha value is -1.82. The van der Waals surface area contributed by atoms with Crippen LogP contribution in [-0.4, -0.2) is 33.3 Å². The topological polar surface area (TPSA) is 55.6 Å². The summed E-state index contributed by atoms with van der Waals surface area (Å²) in [6, 6.07) is 6.69. The fourth-order valence-electron chi connectivity index (χ4n) is 2.32. The van der Waals surface area contributed by atoms with Crippen molar-refractivity contribution in [3.8, 4) is 0 Å². The zero-order valence-corrected chi connectivity index (χ0v) is 12.6. The first-order valence-corrected chi connectivity index (χ1v) is 7.35. The van der Waals surface area contributed by atoms with E-state index in [-0.39, 0.29) is 5.82 Å². The maximum atomic E-state index is 13.0. The lowest BCUT2D eigenvalue weighted by atomic mass is 9.95. The smallest absolute Gasteiger partial charge is 0.175 e. The van der Waals surface area contributed by atoms with E-state index in [0.717, 1.165) is 43.7 Å². The van der Waals surface area contributed by atoms with Gasteiger partial charge in [-0.2, -0.15) is 4.80 Å². The molecule has 0 bridgehead atoms. The predicted octanol–water partition coefficient (Wildman–Crippen LogP) is 1.75. The van der Waals surface area contributed by atoms with Gasteiger partial charge in [0.05, 0.1) is 7.05 Å². The van der Waals surface area contributed by atoms with Crippen LogP contribution in [-0.2, 0) is 19.9 Å². The van der Waals surface area contributed by atoms with Crippen LogP contribution < -0.4 is 5.32 Å². The molecule has 2 aromatic rings. The molecule has 1 unspecified atom stereocenters. The Morgan fingerprint density at radius 2 is 2.00 bits per heavy atom. The molecule has 1 aromatic carbocycles. The number of tetrazole rings is 1. The average Bonchev–Trinajstić information content (AvgIpc) is 2.87. The first-order chi connectivity index (χ1) is 10.2. The van der Waals surface area contributed by atoms with Gasteiger partial charge in [-0.3, -0.25) is 0 Å². The van der Waals surface area contributed by atoms with E-state index < -0.39 is 0 Å². The molecule has 0 amide bonds. The molecular formula is C15H22FN5. The van der Waals surface area contributed by atoms with Gasteiger partial charge in [0.25, 0.3) is 0 Å². The normalized spacial score (nSPS) is 12.5. The van der Waals surface area contributed by atoms with Gasteiger partial charge in [0, 0.05) is 6.42 Å². The number of nitrogens with zero attached hydrogens (tertiary/aromatic N) is 4. The number of benzene rings is 1. The predicted molar refractivity (Wildman–Crippen MR) is 79.3 cm³/mol. The van der Waals surface area contributed by atoms with Crippen LogP contribution in [0.4, 0.5) is 4.39 Å². The van der Waals surface area contributed by atoms with E-state index in [1.807, 2.05) is 12.1 Å². The van der Waals surface area contributed by atoms with E-state index in [9.17, 15) is 4.39 Å². The zero-order valence-electron chi connectivity index (χ0n) is 12.6. The van der Waals surface area contributed by atoms with Crippen LogP contribution in [0.1, 0.15) is 24.7 Å². The largest absolute Gasteiger partial charge is 0.316 e. The third-order valence-corrected chi connectivity index (χ3v) is 3.32. The summed E-state index contributed by atoms with van der Waals surface area (Å²) in [7, 11) is 1.76. The van der Waals surface area contributed by atoms with Crippen molar-refractivity contribution >= 4 is 0 Å². The van der Waals surface area contributed by atoms with E-state index in [4.69, 9.17) is 0 Å². The number of aryl methyl sites for hydroxylation is 1. The van der Waals surface area contributed by atoms with Crippen molar-refractivity contribution in [2.75, 3.05) is 13.1 Å². The van der Waals surface area contributed by atoms with Crippen LogP contribution in [0.5, 0.6) is 0 Å². The second kappa shape index (κ2) is 7.83. The van der Waals surface area contributed by atoms with Crippen LogP contribution in [0.3, 0.4) is 0 Å². The number of rotatable bonds is 8. The summed E-state index contributed by atoms with van der Waals surface area (Å²) < 4.78 is 13.0. The molecule has 1 N–H and O–H groups in total. The Kier molecular flexibility index (Phi) is 5.80. The molecule has 0 radical (unpaired) electrons. The molecule has 1 heterocycles. The van der Waals surface area contributed by atoms with Crippen LogP contribution in [0, 0.1) is 11.7 Å². The number of halogens is 1. The summed E-state index contributed by atoms with van der Waals surface area (Å²) in [5.74, 6) is 0.920. The highest BCUT2D eigenvalue weighted by molar-refractivity contribution is 5.16. The summed E-state index contributed by atoms with van der Waals surface area (Å²) in [4.78, 5) is 1.48. The molecule has 1 atom stereocenters. The van der Waals surface area contributed by atoms with Crippen molar-refractivity contribution < 1.29 is 4.39 Å². The lowest BCUT2D eigenvalue weighted by Crippen LogP contribution is -2.27. The Bertz CT molecular complexity index is 537. The molecule has 0 aliphatic carbocycles. The molecule has 1 aromatic heterocycles. The van der Waals surface area contributed by atoms with Crippen LogP contribution in [0.25, 0.3) is 0 Å². The SMILES string of the molecule is CCCNCC(Cc1ccc(F)cc1)Cc1nnn(C)n1. The minimum Gasteiger partial charge on any atom is -0.316 e. The Morgan fingerprint density at radius 3 is 2.62 bits per heavy atom. The standard InChI is InChI=1S/C15H22FN5/c1-3-8-17-11-13(10-15-18-20-21(2)19-15)9-12-4-6-14(16)7-5-12/h4-7,13,17H,3,8-11H2,1-2H3. The van der Waals surface area contributed by atoms with Gasteiger partial charge in [-0.15, -0.1) is 10.2 Å². The maximum absolute atomic E-state index is 13.0. The van der Waals surface area contributed by atoms with Gasteiger partial charge in [0.1, 0.15) is 5.82 Å². The molecular weight excluding hydrogens is 269 g/mol. The van der Waals surface area contributed by atoms with Gasteiger partial charge in [-0.25, -0.2) is 4.39 Å². The number of hydrogen-bond donors (Lipinski definition) is 1. The minimum atomic E-state index is -0.199. The van der Waals surface area contributed by atoms with Crippen molar-refractivity contribution in [3.63, 3.8) is 0 Å². The van der Waals surface area contributed by atoms with Crippen LogP contribution in [0.2, 0.25) is 0 Å². The summed E-state index contributed by atoms with van der Waals surface area (Å²) >= 11 is 0. The minimum absolute atomic E-state index is 0.199. The molecule has 5 nitrogen and oxygen atoms in total. The lowest BCUT2D eigenvalue weighted by molar-refractivity contribution is 0.460. The highest BCUT2D eigenvalue weighted by Gasteiger charge is 2.14. The van der Waals surface area contributed by atoms with Crippen LogP contribution >= 0.6 is 0 Å². The van der Waals surface area contributed by atoms with Gasteiger partial charge in [-0.05, 0) is 54.8 Å². The van der Waals surface area contributed by atoms with Crippen molar-refractivity contribution in [2.24, 2.45) is 13.0 Å². The fraction of sp³-hybridized carbons (Fsp3) is 0.533. The molecule has 0 aliphatic heterocycles. The summed E-state index contributed by atoms with van der Waals surface area (Å²) in [5, 5.41) is 15.6. The second-order valence-electron chi connectivity index (χ2n) is 5.30. The third-order valence-electron chi connectivity index (χ3n) is 3.32. The second-order valence-corrected chi connectivity index (χ2v) is 5.30. The quantitative estimate of drug-likeness (QED) is 0.753. The maximum Gasteiger partial charge on any atom is 0.175 e. The van der Waals surface area contributed by atoms with E-state index in [1.165, 1.54) is 16.9 Å². The Morgan fingerprint density at radius 1 is 1.24 bits per heavy atom. The van der Waals surface area contributed by atoms with E-state index in [2.05, 4.69) is 27.7 Å². The molecule has 0 saturated carbocycles.